The first-order chi connectivity index (χ1) is 15.4. The van der Waals surface area contributed by atoms with Gasteiger partial charge in [0, 0.05) is 24.5 Å². The number of amides is 1. The number of nitrogens with one attached hydrogen (secondary N) is 2. The third-order valence-corrected chi connectivity index (χ3v) is 5.64. The number of carboxylic acid groups (broad SMARTS) is 1. The molecular weight excluding hydrogens is 426 g/mol. The van der Waals surface area contributed by atoms with Crippen LogP contribution in [0.2, 0.25) is 0 Å². The Kier molecular flexibility index (Phi) is 6.33. The monoisotopic (exact) mass is 451 g/mol. The van der Waals surface area contributed by atoms with Gasteiger partial charge >= 0.3 is 6.09 Å². The number of hydrogen-bond donors (Lipinski definition) is 4. The minimum Gasteiger partial charge on any atom is -0.465 e. The van der Waals surface area contributed by atoms with Crippen LogP contribution < -0.4 is 11.1 Å². The lowest BCUT2D eigenvalue weighted by atomic mass is 10.1. The molecule has 4 heterocycles. The van der Waals surface area contributed by atoms with Crippen molar-refractivity contribution < 1.29 is 9.90 Å². The van der Waals surface area contributed by atoms with E-state index in [1.54, 1.807) is 11.3 Å². The zero-order valence-corrected chi connectivity index (χ0v) is 18.7. The largest absolute Gasteiger partial charge is 0.465 e. The van der Waals surface area contributed by atoms with Gasteiger partial charge in [-0.25, -0.2) is 19.7 Å². The average Bonchev–Trinajstić information content (AvgIpc) is 3.40. The predicted octanol–water partition coefficient (Wildman–Crippen LogP) is 4.43. The van der Waals surface area contributed by atoms with Crippen LogP contribution in [0, 0.1) is 0 Å². The second-order valence-corrected chi connectivity index (χ2v) is 8.67. The highest BCUT2D eigenvalue weighted by atomic mass is 32.1. The summed E-state index contributed by atoms with van der Waals surface area (Å²) in [6.45, 7) is 4.77. The maximum Gasteiger partial charge on any atom is 0.407 e. The van der Waals surface area contributed by atoms with Crippen molar-refractivity contribution in [3.05, 3.63) is 47.9 Å². The number of nitrogens with zero attached hydrogens (tertiary/aromatic N) is 4. The summed E-state index contributed by atoms with van der Waals surface area (Å²) in [5.74, 6) is 0.722. The Hall–Kier alpha value is -3.50. The molecule has 1 aliphatic rings. The Morgan fingerprint density at radius 2 is 2.09 bits per heavy atom. The molecular formula is C22H25N7O2S. The number of carbonyl (C=O) groups is 1. The van der Waals surface area contributed by atoms with Gasteiger partial charge in [0.25, 0.3) is 0 Å². The number of H-pyrrole nitrogens is 1. The summed E-state index contributed by atoms with van der Waals surface area (Å²) in [6, 6.07) is 8.37. The number of rotatable bonds is 3. The van der Waals surface area contributed by atoms with Gasteiger partial charge in [0.05, 0.1) is 21.1 Å². The van der Waals surface area contributed by atoms with E-state index in [-0.39, 0.29) is 0 Å². The van der Waals surface area contributed by atoms with E-state index in [2.05, 4.69) is 31.3 Å². The molecule has 1 aromatic carbocycles. The van der Waals surface area contributed by atoms with Crippen LogP contribution >= 0.6 is 11.3 Å². The molecule has 10 heteroatoms. The summed E-state index contributed by atoms with van der Waals surface area (Å²) in [6.07, 6.45) is 3.25. The first kappa shape index (κ1) is 21.7. The smallest absolute Gasteiger partial charge is 0.407 e. The van der Waals surface area contributed by atoms with Crippen molar-refractivity contribution in [2.45, 2.75) is 26.3 Å². The molecule has 0 saturated carbocycles. The second-order valence-electron chi connectivity index (χ2n) is 7.78. The molecule has 0 unspecified atom stereocenters. The quantitative estimate of drug-likeness (QED) is 0.362. The lowest BCUT2D eigenvalue weighted by Crippen LogP contribution is -2.33. The van der Waals surface area contributed by atoms with E-state index in [1.807, 2.05) is 43.6 Å². The van der Waals surface area contributed by atoms with Crippen molar-refractivity contribution >= 4 is 55.8 Å². The minimum atomic E-state index is -0.887. The number of benzene rings is 1. The van der Waals surface area contributed by atoms with Crippen molar-refractivity contribution in [2.75, 3.05) is 18.4 Å². The molecule has 0 aliphatic carbocycles. The van der Waals surface area contributed by atoms with Gasteiger partial charge in [-0.3, -0.25) is 0 Å². The first-order valence-electron chi connectivity index (χ1n) is 10.3. The first-order valence-corrected chi connectivity index (χ1v) is 11.2. The molecule has 1 aliphatic heterocycles. The Bertz CT molecular complexity index is 1280. The second kappa shape index (κ2) is 9.33. The Balaban J connectivity index is 0.000000567. The standard InChI is InChI=1S/C19H16N6O2S.C3H9N/c26-19(27)25-5-3-11(4-6-25)15-8-13-17(20-9-21-18(13)24-15)23-12-1-2-14-16(7-12)28-10-22-14;1-3(2)4/h1-3,7-10H,4-6H2,(H,26,27)(H2,20,21,23,24);3H,4H2,1-2H3. The van der Waals surface area contributed by atoms with Crippen LogP contribution in [0.1, 0.15) is 26.0 Å². The maximum absolute atomic E-state index is 11.1. The summed E-state index contributed by atoms with van der Waals surface area (Å²) in [5, 5.41) is 13.4. The Morgan fingerprint density at radius 1 is 1.28 bits per heavy atom. The van der Waals surface area contributed by atoms with Crippen LogP contribution in [-0.2, 0) is 0 Å². The van der Waals surface area contributed by atoms with E-state index in [0.29, 0.717) is 25.6 Å². The number of hydrogen-bond acceptors (Lipinski definition) is 7. The summed E-state index contributed by atoms with van der Waals surface area (Å²) in [5.41, 5.74) is 11.6. The van der Waals surface area contributed by atoms with Gasteiger partial charge in [0.2, 0.25) is 0 Å². The van der Waals surface area contributed by atoms with Crippen LogP contribution in [0.25, 0.3) is 26.8 Å². The number of thiazole rings is 1. The summed E-state index contributed by atoms with van der Waals surface area (Å²) < 4.78 is 1.11. The van der Waals surface area contributed by atoms with Crippen LogP contribution in [-0.4, -0.2) is 55.2 Å². The Morgan fingerprint density at radius 3 is 2.81 bits per heavy atom. The number of aromatic amines is 1. The van der Waals surface area contributed by atoms with Gasteiger partial charge in [0.15, 0.2) is 0 Å². The van der Waals surface area contributed by atoms with E-state index in [0.717, 1.165) is 44.0 Å². The van der Waals surface area contributed by atoms with E-state index in [9.17, 15) is 4.79 Å². The van der Waals surface area contributed by atoms with Gasteiger partial charge in [-0.2, -0.15) is 0 Å². The van der Waals surface area contributed by atoms with Gasteiger partial charge in [-0.05, 0) is 42.3 Å². The van der Waals surface area contributed by atoms with E-state index in [4.69, 9.17) is 10.8 Å². The molecule has 1 amide bonds. The van der Waals surface area contributed by atoms with Crippen LogP contribution in [0.5, 0.6) is 0 Å². The molecule has 0 atom stereocenters. The zero-order chi connectivity index (χ0) is 22.7. The summed E-state index contributed by atoms with van der Waals surface area (Å²) in [7, 11) is 0. The third kappa shape index (κ3) is 4.87. The summed E-state index contributed by atoms with van der Waals surface area (Å²) in [4.78, 5) is 28.8. The molecule has 5 rings (SSSR count). The van der Waals surface area contributed by atoms with Gasteiger partial charge in [-0.1, -0.05) is 19.9 Å². The lowest BCUT2D eigenvalue weighted by molar-refractivity contribution is 0.150. The molecule has 32 heavy (non-hydrogen) atoms. The fourth-order valence-electron chi connectivity index (χ4n) is 3.37. The fraction of sp³-hybridized carbons (Fsp3) is 0.273. The van der Waals surface area contributed by atoms with Gasteiger partial charge in [0.1, 0.15) is 17.8 Å². The van der Waals surface area contributed by atoms with Gasteiger partial charge in [-0.15, -0.1) is 11.3 Å². The predicted molar refractivity (Wildman–Crippen MR) is 128 cm³/mol. The van der Waals surface area contributed by atoms with Crippen LogP contribution in [0.4, 0.5) is 16.3 Å². The highest BCUT2D eigenvalue weighted by Crippen LogP contribution is 2.30. The summed E-state index contributed by atoms with van der Waals surface area (Å²) >= 11 is 1.60. The van der Waals surface area contributed by atoms with Gasteiger partial charge < -0.3 is 26.0 Å². The maximum atomic E-state index is 11.1. The topological polar surface area (TPSA) is 133 Å². The van der Waals surface area contributed by atoms with Crippen LogP contribution in [0.15, 0.2) is 42.2 Å². The lowest BCUT2D eigenvalue weighted by Gasteiger charge is -2.23. The van der Waals surface area contributed by atoms with E-state index < -0.39 is 6.09 Å². The molecule has 0 radical (unpaired) electrons. The Labute approximate surface area is 189 Å². The van der Waals surface area contributed by atoms with E-state index in [1.165, 1.54) is 11.2 Å². The fourth-order valence-corrected chi connectivity index (χ4v) is 4.09. The molecule has 5 N–H and O–H groups in total. The molecule has 0 fully saturated rings. The molecule has 166 valence electrons. The van der Waals surface area contributed by atoms with E-state index >= 15 is 0 Å². The van der Waals surface area contributed by atoms with Crippen molar-refractivity contribution in [2.24, 2.45) is 5.73 Å². The normalized spacial score (nSPS) is 13.8. The zero-order valence-electron chi connectivity index (χ0n) is 17.9. The average molecular weight is 452 g/mol. The van der Waals surface area contributed by atoms with Crippen LogP contribution in [0.3, 0.4) is 0 Å². The highest BCUT2D eigenvalue weighted by Gasteiger charge is 2.18. The molecule has 0 spiro atoms. The molecule has 3 aromatic heterocycles. The SMILES string of the molecule is CC(C)N.O=C(O)N1CC=C(c2cc3c(Nc4ccc5ncsc5c4)ncnc3[nH]2)CC1. The molecule has 0 saturated heterocycles. The molecule has 0 bridgehead atoms. The number of anilines is 2. The highest BCUT2D eigenvalue weighted by molar-refractivity contribution is 7.16. The molecule has 4 aromatic rings. The number of nitrogens with two attached hydrogens (primary N) is 1. The van der Waals surface area contributed by atoms with Crippen molar-refractivity contribution in [1.29, 1.82) is 0 Å². The van der Waals surface area contributed by atoms with Crippen molar-refractivity contribution in [3.63, 3.8) is 0 Å². The van der Waals surface area contributed by atoms with Crippen molar-refractivity contribution in [1.82, 2.24) is 24.8 Å². The number of fused-ring (bicyclic) bond motifs is 2. The van der Waals surface area contributed by atoms with Crippen molar-refractivity contribution in [3.8, 4) is 0 Å². The minimum absolute atomic E-state index is 0.333. The third-order valence-electron chi connectivity index (χ3n) is 4.85. The number of aromatic nitrogens is 4. The molecule has 9 nitrogen and oxygen atoms in total.